The van der Waals surface area contributed by atoms with Crippen LogP contribution in [-0.2, 0) is 22.5 Å². The first-order valence-corrected chi connectivity index (χ1v) is 9.28. The van der Waals surface area contributed by atoms with Gasteiger partial charge in [0.25, 0.3) is 5.69 Å². The number of aryl methyl sites for hydroxylation is 1. The van der Waals surface area contributed by atoms with Crippen LogP contribution >= 0.6 is 11.3 Å². The summed E-state index contributed by atoms with van der Waals surface area (Å²) in [5.41, 5.74) is 1.77. The van der Waals surface area contributed by atoms with E-state index in [9.17, 15) is 14.9 Å². The quantitative estimate of drug-likeness (QED) is 0.461. The van der Waals surface area contributed by atoms with Gasteiger partial charge in [-0.05, 0) is 18.1 Å². The number of amides is 1. The molecule has 27 heavy (non-hydrogen) atoms. The summed E-state index contributed by atoms with van der Waals surface area (Å²) in [5, 5.41) is 11.1. The number of aromatic nitrogens is 1. The van der Waals surface area contributed by atoms with E-state index in [-0.39, 0.29) is 11.6 Å². The van der Waals surface area contributed by atoms with E-state index in [1.54, 1.807) is 17.7 Å². The Bertz CT molecular complexity index is 1020. The number of benzene rings is 2. The number of hydrogen-bond donors (Lipinski definition) is 0. The van der Waals surface area contributed by atoms with E-state index in [1.807, 2.05) is 30.3 Å². The normalized spacial score (nSPS) is 11.8. The van der Waals surface area contributed by atoms with Gasteiger partial charge in [-0.2, -0.15) is 4.99 Å². The van der Waals surface area contributed by atoms with Gasteiger partial charge >= 0.3 is 0 Å². The van der Waals surface area contributed by atoms with Crippen LogP contribution in [0.5, 0.6) is 0 Å². The van der Waals surface area contributed by atoms with Crippen molar-refractivity contribution in [3.05, 3.63) is 69.0 Å². The number of fused-ring (bicyclic) bond motifs is 1. The fourth-order valence-electron chi connectivity index (χ4n) is 2.71. The monoisotopic (exact) mass is 385 g/mol. The zero-order valence-corrected chi connectivity index (χ0v) is 15.6. The van der Waals surface area contributed by atoms with Crippen LogP contribution < -0.4 is 4.80 Å². The van der Waals surface area contributed by atoms with Crippen LogP contribution in [0.4, 0.5) is 5.69 Å². The minimum Gasteiger partial charge on any atom is -0.383 e. The molecule has 0 fully saturated rings. The summed E-state index contributed by atoms with van der Waals surface area (Å²) in [6.07, 6.45) is 0.931. The number of nitro benzene ring substituents is 1. The molecule has 2 aromatic carbocycles. The van der Waals surface area contributed by atoms with Crippen molar-refractivity contribution in [2.45, 2.75) is 19.4 Å². The molecular formula is C19H19N3O4S. The summed E-state index contributed by atoms with van der Waals surface area (Å²) in [7, 11) is 1.58. The van der Waals surface area contributed by atoms with Crippen molar-refractivity contribution >= 4 is 33.1 Å². The van der Waals surface area contributed by atoms with Gasteiger partial charge in [0.1, 0.15) is 0 Å². The van der Waals surface area contributed by atoms with Crippen LogP contribution in [-0.4, -0.2) is 29.1 Å². The molecule has 7 nitrogen and oxygen atoms in total. The second-order valence-electron chi connectivity index (χ2n) is 5.93. The van der Waals surface area contributed by atoms with E-state index < -0.39 is 4.92 Å². The highest BCUT2D eigenvalue weighted by Crippen LogP contribution is 2.23. The lowest BCUT2D eigenvalue weighted by Crippen LogP contribution is -2.19. The zero-order chi connectivity index (χ0) is 19.2. The maximum Gasteiger partial charge on any atom is 0.271 e. The summed E-state index contributed by atoms with van der Waals surface area (Å²) < 4.78 is 7.77. The molecule has 1 heterocycles. The highest BCUT2D eigenvalue weighted by molar-refractivity contribution is 7.16. The molecule has 0 aliphatic heterocycles. The van der Waals surface area contributed by atoms with E-state index in [0.717, 1.165) is 10.3 Å². The van der Waals surface area contributed by atoms with Gasteiger partial charge in [-0.1, -0.05) is 41.7 Å². The number of thiazole rings is 1. The van der Waals surface area contributed by atoms with Gasteiger partial charge in [-0.25, -0.2) is 0 Å². The lowest BCUT2D eigenvalue weighted by atomic mass is 10.1. The highest BCUT2D eigenvalue weighted by Gasteiger charge is 2.13. The van der Waals surface area contributed by atoms with Gasteiger partial charge in [0.15, 0.2) is 4.80 Å². The van der Waals surface area contributed by atoms with E-state index in [1.165, 1.54) is 23.5 Å². The van der Waals surface area contributed by atoms with Crippen LogP contribution in [0.25, 0.3) is 10.2 Å². The van der Waals surface area contributed by atoms with Crippen LogP contribution in [0.2, 0.25) is 0 Å². The maximum atomic E-state index is 12.4. The number of carbonyl (C=O) groups excluding carboxylic acids is 1. The van der Waals surface area contributed by atoms with Crippen molar-refractivity contribution in [3.8, 4) is 0 Å². The maximum absolute atomic E-state index is 12.4. The SMILES string of the molecule is COCCn1c(=NC(=O)CCc2ccccc2)sc2ccc([N+](=O)[O-])cc21. The Morgan fingerprint density at radius 2 is 2.04 bits per heavy atom. The Balaban J connectivity index is 1.92. The zero-order valence-electron chi connectivity index (χ0n) is 14.8. The van der Waals surface area contributed by atoms with Gasteiger partial charge < -0.3 is 9.30 Å². The number of methoxy groups -OCH3 is 1. The fourth-order valence-corrected chi connectivity index (χ4v) is 3.77. The average Bonchev–Trinajstić information content (AvgIpc) is 3.01. The molecule has 0 saturated carbocycles. The highest BCUT2D eigenvalue weighted by atomic mass is 32.1. The molecule has 0 aliphatic rings. The lowest BCUT2D eigenvalue weighted by Gasteiger charge is -2.04. The number of rotatable bonds is 7. The molecule has 0 aliphatic carbocycles. The second-order valence-corrected chi connectivity index (χ2v) is 6.94. The number of ether oxygens (including phenoxy) is 1. The van der Waals surface area contributed by atoms with Crippen molar-refractivity contribution in [2.24, 2.45) is 4.99 Å². The first-order chi connectivity index (χ1) is 13.1. The summed E-state index contributed by atoms with van der Waals surface area (Å²) in [6.45, 7) is 0.877. The molecule has 8 heteroatoms. The molecule has 0 bridgehead atoms. The molecule has 1 aromatic heterocycles. The summed E-state index contributed by atoms with van der Waals surface area (Å²) >= 11 is 1.34. The van der Waals surface area contributed by atoms with Crippen LogP contribution in [0.1, 0.15) is 12.0 Å². The van der Waals surface area contributed by atoms with Crippen LogP contribution in [0.3, 0.4) is 0 Å². The fraction of sp³-hybridized carbons (Fsp3) is 0.263. The first kappa shape index (κ1) is 18.9. The number of nitro groups is 1. The third kappa shape index (κ3) is 4.66. The number of carbonyl (C=O) groups is 1. The minimum absolute atomic E-state index is 0.00780. The molecule has 0 atom stereocenters. The average molecular weight is 385 g/mol. The Morgan fingerprint density at radius 1 is 1.26 bits per heavy atom. The van der Waals surface area contributed by atoms with Gasteiger partial charge in [-0.3, -0.25) is 14.9 Å². The Hall–Kier alpha value is -2.84. The van der Waals surface area contributed by atoms with Crippen molar-refractivity contribution in [1.29, 1.82) is 0 Å². The third-order valence-electron chi connectivity index (χ3n) is 4.09. The van der Waals surface area contributed by atoms with Gasteiger partial charge in [0.2, 0.25) is 5.91 Å². The summed E-state index contributed by atoms with van der Waals surface area (Å²) in [5.74, 6) is -0.217. The molecule has 0 saturated heterocycles. The number of non-ortho nitro benzene ring substituents is 1. The van der Waals surface area contributed by atoms with Crippen molar-refractivity contribution in [3.63, 3.8) is 0 Å². The van der Waals surface area contributed by atoms with Gasteiger partial charge in [0, 0.05) is 32.2 Å². The smallest absolute Gasteiger partial charge is 0.271 e. The molecule has 3 rings (SSSR count). The third-order valence-corrected chi connectivity index (χ3v) is 5.15. The van der Waals surface area contributed by atoms with E-state index >= 15 is 0 Å². The van der Waals surface area contributed by atoms with E-state index in [2.05, 4.69) is 4.99 Å². The Labute approximate surface area is 159 Å². The van der Waals surface area contributed by atoms with Gasteiger partial charge in [0.05, 0.1) is 21.7 Å². The Morgan fingerprint density at radius 3 is 2.74 bits per heavy atom. The molecule has 3 aromatic rings. The molecule has 0 N–H and O–H groups in total. The standard InChI is InChI=1S/C19H19N3O4S/c1-26-12-11-21-16-13-15(22(24)25)8-9-17(16)27-19(21)20-18(23)10-7-14-5-3-2-4-6-14/h2-6,8-9,13H,7,10-12H2,1H3. The molecule has 1 amide bonds. The number of hydrogen-bond acceptors (Lipinski definition) is 5. The Kier molecular flexibility index (Phi) is 6.10. The molecule has 0 spiro atoms. The van der Waals surface area contributed by atoms with E-state index in [0.29, 0.717) is 36.3 Å². The molecular weight excluding hydrogens is 366 g/mol. The van der Waals surface area contributed by atoms with Crippen molar-refractivity contribution in [1.82, 2.24) is 4.57 Å². The molecule has 140 valence electrons. The predicted molar refractivity (Wildman–Crippen MR) is 104 cm³/mol. The van der Waals surface area contributed by atoms with Crippen molar-refractivity contribution < 1.29 is 14.5 Å². The largest absolute Gasteiger partial charge is 0.383 e. The molecule has 0 radical (unpaired) electrons. The summed E-state index contributed by atoms with van der Waals surface area (Å²) in [4.78, 5) is 27.8. The number of nitrogens with zero attached hydrogens (tertiary/aromatic N) is 3. The summed E-state index contributed by atoms with van der Waals surface area (Å²) in [6, 6.07) is 14.4. The van der Waals surface area contributed by atoms with Gasteiger partial charge in [-0.15, -0.1) is 0 Å². The second kappa shape index (κ2) is 8.70. The first-order valence-electron chi connectivity index (χ1n) is 8.46. The topological polar surface area (TPSA) is 86.7 Å². The molecule has 0 unspecified atom stereocenters. The van der Waals surface area contributed by atoms with Crippen molar-refractivity contribution in [2.75, 3.05) is 13.7 Å². The van der Waals surface area contributed by atoms with E-state index in [4.69, 9.17) is 4.74 Å². The lowest BCUT2D eigenvalue weighted by molar-refractivity contribution is -0.384. The van der Waals surface area contributed by atoms with Crippen LogP contribution in [0.15, 0.2) is 53.5 Å². The predicted octanol–water partition coefficient (Wildman–Crippen LogP) is 3.32. The minimum atomic E-state index is -0.431. The van der Waals surface area contributed by atoms with Crippen LogP contribution in [0, 0.1) is 10.1 Å².